The molecule has 2 aromatic rings. The second-order valence-corrected chi connectivity index (χ2v) is 6.22. The molecule has 0 aromatic heterocycles. The zero-order chi connectivity index (χ0) is 18.4. The number of anilines is 1. The van der Waals surface area contributed by atoms with Crippen molar-refractivity contribution >= 4 is 23.7 Å². The molecule has 0 unspecified atom stereocenters. The van der Waals surface area contributed by atoms with E-state index in [-0.39, 0.29) is 5.69 Å². The van der Waals surface area contributed by atoms with Gasteiger partial charge >= 0.3 is 0 Å². The number of carbonyl (C=O) groups excluding carboxylic acids is 1. The zero-order valence-electron chi connectivity index (χ0n) is 14.5. The molecule has 26 heavy (non-hydrogen) atoms. The summed E-state index contributed by atoms with van der Waals surface area (Å²) in [4.78, 5) is 26.1. The lowest BCUT2D eigenvalue weighted by Crippen LogP contribution is -2.46. The Hall–Kier alpha value is -2.99. The van der Waals surface area contributed by atoms with E-state index in [4.69, 9.17) is 0 Å². The Balaban J connectivity index is 1.59. The quantitative estimate of drug-likeness (QED) is 0.454. The second kappa shape index (κ2) is 8.40. The maximum absolute atomic E-state index is 11.3. The number of piperazine rings is 1. The highest BCUT2D eigenvalue weighted by Crippen LogP contribution is 2.29. The molecule has 3 rings (SSSR count). The number of nitro benzene ring substituents is 1. The maximum atomic E-state index is 11.3. The Morgan fingerprint density at radius 2 is 1.73 bits per heavy atom. The van der Waals surface area contributed by atoms with Crippen LogP contribution in [-0.4, -0.2) is 48.8 Å². The summed E-state index contributed by atoms with van der Waals surface area (Å²) < 4.78 is 0. The molecule has 1 aliphatic heterocycles. The molecule has 0 saturated carbocycles. The van der Waals surface area contributed by atoms with Gasteiger partial charge in [0.1, 0.15) is 12.0 Å². The number of nitro groups is 1. The zero-order valence-corrected chi connectivity index (χ0v) is 14.5. The van der Waals surface area contributed by atoms with E-state index in [0.717, 1.165) is 32.7 Å². The van der Waals surface area contributed by atoms with Gasteiger partial charge in [-0.2, -0.15) is 0 Å². The van der Waals surface area contributed by atoms with Crippen molar-refractivity contribution in [1.29, 1.82) is 0 Å². The van der Waals surface area contributed by atoms with Crippen LogP contribution in [0, 0.1) is 10.1 Å². The minimum atomic E-state index is -0.419. The summed E-state index contributed by atoms with van der Waals surface area (Å²) in [5.74, 6) is 0. The fourth-order valence-corrected chi connectivity index (χ4v) is 3.10. The lowest BCUT2D eigenvalue weighted by atomic mass is 10.1. The molecule has 6 heteroatoms. The predicted molar refractivity (Wildman–Crippen MR) is 103 cm³/mol. The molecule has 2 aromatic carbocycles. The van der Waals surface area contributed by atoms with Crippen LogP contribution in [0.2, 0.25) is 0 Å². The summed E-state index contributed by atoms with van der Waals surface area (Å²) in [5, 5.41) is 11.3. The molecule has 1 aliphatic rings. The molecule has 1 fully saturated rings. The van der Waals surface area contributed by atoms with Crippen LogP contribution in [0.4, 0.5) is 11.4 Å². The van der Waals surface area contributed by atoms with Gasteiger partial charge in [-0.1, -0.05) is 42.5 Å². The molecule has 0 N–H and O–H groups in total. The fraction of sp³-hybridized carbons (Fsp3) is 0.250. The average molecular weight is 351 g/mol. The number of hydrogen-bond donors (Lipinski definition) is 0. The molecule has 1 saturated heterocycles. The lowest BCUT2D eigenvalue weighted by Gasteiger charge is -2.35. The van der Waals surface area contributed by atoms with E-state index in [2.05, 4.69) is 29.2 Å². The largest absolute Gasteiger partial charge is 0.363 e. The van der Waals surface area contributed by atoms with Gasteiger partial charge in [-0.25, -0.2) is 0 Å². The third-order valence-electron chi connectivity index (χ3n) is 4.52. The molecule has 6 nitrogen and oxygen atoms in total. The number of carbonyl (C=O) groups is 1. The van der Waals surface area contributed by atoms with Crippen LogP contribution in [0.3, 0.4) is 0 Å². The van der Waals surface area contributed by atoms with Gasteiger partial charge in [0.25, 0.3) is 5.69 Å². The summed E-state index contributed by atoms with van der Waals surface area (Å²) in [5.41, 5.74) is 2.08. The highest BCUT2D eigenvalue weighted by Gasteiger charge is 2.23. The predicted octanol–water partition coefficient (Wildman–Crippen LogP) is 3.24. The average Bonchev–Trinajstić information content (AvgIpc) is 2.69. The van der Waals surface area contributed by atoms with Crippen molar-refractivity contribution in [2.24, 2.45) is 0 Å². The van der Waals surface area contributed by atoms with E-state index in [1.807, 2.05) is 23.1 Å². The highest BCUT2D eigenvalue weighted by molar-refractivity contribution is 5.79. The Bertz CT molecular complexity index is 797. The van der Waals surface area contributed by atoms with Gasteiger partial charge in [-0.15, -0.1) is 0 Å². The third-order valence-corrected chi connectivity index (χ3v) is 4.52. The van der Waals surface area contributed by atoms with Crippen LogP contribution in [-0.2, 0) is 0 Å². The normalized spacial score (nSPS) is 15.3. The molecule has 0 atom stereocenters. The van der Waals surface area contributed by atoms with Gasteiger partial charge in [-0.05, 0) is 17.7 Å². The van der Waals surface area contributed by atoms with Crippen LogP contribution in [0.15, 0.2) is 54.6 Å². The molecular formula is C20H21N3O3. The van der Waals surface area contributed by atoms with Crippen LogP contribution in [0.5, 0.6) is 0 Å². The Morgan fingerprint density at radius 3 is 2.38 bits per heavy atom. The summed E-state index contributed by atoms with van der Waals surface area (Å²) >= 11 is 0. The van der Waals surface area contributed by atoms with Crippen LogP contribution in [0.1, 0.15) is 15.9 Å². The first-order valence-electron chi connectivity index (χ1n) is 8.60. The van der Waals surface area contributed by atoms with Gasteiger partial charge in [0.15, 0.2) is 0 Å². The van der Waals surface area contributed by atoms with Crippen LogP contribution in [0.25, 0.3) is 6.08 Å². The molecule has 0 aliphatic carbocycles. The van der Waals surface area contributed by atoms with Gasteiger partial charge in [-0.3, -0.25) is 19.8 Å². The Labute approximate surface area is 152 Å². The number of hydrogen-bond acceptors (Lipinski definition) is 5. The van der Waals surface area contributed by atoms with Crippen molar-refractivity contribution in [1.82, 2.24) is 4.90 Å². The molecule has 1 heterocycles. The number of rotatable bonds is 6. The van der Waals surface area contributed by atoms with E-state index < -0.39 is 4.92 Å². The maximum Gasteiger partial charge on any atom is 0.293 e. The van der Waals surface area contributed by atoms with Crippen molar-refractivity contribution in [2.45, 2.75) is 0 Å². The van der Waals surface area contributed by atoms with Crippen molar-refractivity contribution in [3.05, 3.63) is 75.8 Å². The molecule has 0 spiro atoms. The first-order chi connectivity index (χ1) is 12.7. The Kier molecular flexibility index (Phi) is 5.76. The van der Waals surface area contributed by atoms with Crippen LogP contribution < -0.4 is 4.90 Å². The fourth-order valence-electron chi connectivity index (χ4n) is 3.10. The molecular weight excluding hydrogens is 330 g/mol. The summed E-state index contributed by atoms with van der Waals surface area (Å²) in [6.45, 7) is 3.98. The van der Waals surface area contributed by atoms with E-state index in [1.165, 1.54) is 11.6 Å². The smallest absolute Gasteiger partial charge is 0.293 e. The third kappa shape index (κ3) is 4.34. The van der Waals surface area contributed by atoms with Gasteiger partial charge in [0.2, 0.25) is 0 Å². The minimum Gasteiger partial charge on any atom is -0.363 e. The van der Waals surface area contributed by atoms with Crippen molar-refractivity contribution in [2.75, 3.05) is 37.6 Å². The SMILES string of the molecule is O=Cc1ccc(N2CCN(C/C=C/c3ccccc3)CC2)c([N+](=O)[O-])c1. The van der Waals surface area contributed by atoms with Gasteiger partial charge in [0, 0.05) is 44.4 Å². The van der Waals surface area contributed by atoms with E-state index >= 15 is 0 Å². The van der Waals surface area contributed by atoms with Crippen molar-refractivity contribution < 1.29 is 9.72 Å². The second-order valence-electron chi connectivity index (χ2n) is 6.22. The first-order valence-corrected chi connectivity index (χ1v) is 8.60. The Morgan fingerprint density at radius 1 is 1.00 bits per heavy atom. The number of nitrogens with zero attached hydrogens (tertiary/aromatic N) is 3. The topological polar surface area (TPSA) is 66.7 Å². The van der Waals surface area contributed by atoms with Gasteiger partial charge in [0.05, 0.1) is 4.92 Å². The van der Waals surface area contributed by atoms with E-state index in [9.17, 15) is 14.9 Å². The number of aldehydes is 1. The summed E-state index contributed by atoms with van der Waals surface area (Å²) in [6.07, 6.45) is 4.88. The lowest BCUT2D eigenvalue weighted by molar-refractivity contribution is -0.384. The summed E-state index contributed by atoms with van der Waals surface area (Å²) in [6, 6.07) is 14.8. The monoisotopic (exact) mass is 351 g/mol. The highest BCUT2D eigenvalue weighted by atomic mass is 16.6. The summed E-state index contributed by atoms with van der Waals surface area (Å²) in [7, 11) is 0. The van der Waals surface area contributed by atoms with Crippen molar-refractivity contribution in [3.63, 3.8) is 0 Å². The molecule has 0 radical (unpaired) electrons. The molecule has 0 bridgehead atoms. The minimum absolute atomic E-state index is 0.00739. The van der Waals surface area contributed by atoms with Crippen molar-refractivity contribution in [3.8, 4) is 0 Å². The van der Waals surface area contributed by atoms with Gasteiger partial charge < -0.3 is 4.90 Å². The molecule has 0 amide bonds. The van der Waals surface area contributed by atoms with E-state index in [0.29, 0.717) is 17.5 Å². The molecule has 134 valence electrons. The first kappa shape index (κ1) is 17.8. The van der Waals surface area contributed by atoms with Crippen LogP contribution >= 0.6 is 0 Å². The number of benzene rings is 2. The van der Waals surface area contributed by atoms with E-state index in [1.54, 1.807) is 12.1 Å². The standard InChI is InChI=1S/C20H21N3O3/c24-16-18-8-9-19(20(15-18)23(25)26)22-13-11-21(12-14-22)10-4-7-17-5-2-1-3-6-17/h1-9,15-16H,10-14H2/b7-4+.